The quantitative estimate of drug-likeness (QED) is 0.650. The molecule has 0 bridgehead atoms. The highest BCUT2D eigenvalue weighted by molar-refractivity contribution is 7.20. The van der Waals surface area contributed by atoms with Crippen molar-refractivity contribution in [2.24, 2.45) is 0 Å². The number of aliphatic carboxylic acids is 1. The summed E-state index contributed by atoms with van der Waals surface area (Å²) in [6, 6.07) is 15.9. The van der Waals surface area contributed by atoms with Crippen LogP contribution < -0.4 is 4.74 Å². The van der Waals surface area contributed by atoms with Crippen molar-refractivity contribution in [2.75, 3.05) is 32.7 Å². The second-order valence-corrected chi connectivity index (χ2v) is 7.88. The topological polar surface area (TPSA) is 83.0 Å². The highest BCUT2D eigenvalue weighted by Crippen LogP contribution is 2.31. The number of hydrogen-bond acceptors (Lipinski definition) is 6. The van der Waals surface area contributed by atoms with Gasteiger partial charge in [0.25, 0.3) is 5.19 Å². The van der Waals surface area contributed by atoms with E-state index in [0.717, 1.165) is 28.9 Å². The molecule has 150 valence electrons. The smallest absolute Gasteiger partial charge is 0.394 e. The number of carboxylic acid groups (broad SMARTS) is 1. The first kappa shape index (κ1) is 19.4. The molecule has 29 heavy (non-hydrogen) atoms. The van der Waals surface area contributed by atoms with E-state index in [4.69, 9.17) is 9.84 Å². The molecule has 4 rings (SSSR count). The third-order valence-electron chi connectivity index (χ3n) is 4.96. The van der Waals surface area contributed by atoms with E-state index in [1.807, 2.05) is 48.5 Å². The molecule has 0 spiro atoms. The standard InChI is InChI=1S/C21H21N3O4S/c25-19(20(26)27)24-13-11-23(12-14-24)10-9-15-5-7-16(8-6-15)28-21-22-17-3-1-2-4-18(17)29-21/h1-8H,9-14H2,(H,26,27). The Morgan fingerprint density at radius 2 is 1.76 bits per heavy atom. The third-order valence-corrected chi connectivity index (χ3v) is 5.88. The maximum atomic E-state index is 11.5. The molecule has 0 aliphatic carbocycles. The number of benzene rings is 2. The fourth-order valence-corrected chi connectivity index (χ4v) is 4.15. The van der Waals surface area contributed by atoms with E-state index in [9.17, 15) is 9.59 Å². The molecule has 2 heterocycles. The van der Waals surface area contributed by atoms with Crippen molar-refractivity contribution in [3.8, 4) is 10.9 Å². The molecule has 1 fully saturated rings. The number of amides is 1. The van der Waals surface area contributed by atoms with Crippen LogP contribution in [-0.4, -0.2) is 64.5 Å². The van der Waals surface area contributed by atoms with Crippen molar-refractivity contribution in [3.05, 3.63) is 54.1 Å². The first-order valence-corrected chi connectivity index (χ1v) is 10.3. The fraction of sp³-hybridized carbons (Fsp3) is 0.286. The summed E-state index contributed by atoms with van der Waals surface area (Å²) in [5.41, 5.74) is 2.14. The van der Waals surface area contributed by atoms with Crippen LogP contribution in [0.1, 0.15) is 5.56 Å². The number of carbonyl (C=O) groups is 2. The van der Waals surface area contributed by atoms with E-state index >= 15 is 0 Å². The highest BCUT2D eigenvalue weighted by Gasteiger charge is 2.25. The summed E-state index contributed by atoms with van der Waals surface area (Å²) >= 11 is 1.52. The van der Waals surface area contributed by atoms with Crippen LogP contribution in [-0.2, 0) is 16.0 Å². The Balaban J connectivity index is 1.27. The van der Waals surface area contributed by atoms with Gasteiger partial charge >= 0.3 is 11.9 Å². The zero-order chi connectivity index (χ0) is 20.2. The van der Waals surface area contributed by atoms with Gasteiger partial charge in [-0.15, -0.1) is 0 Å². The van der Waals surface area contributed by atoms with Gasteiger partial charge in [0, 0.05) is 32.7 Å². The maximum absolute atomic E-state index is 11.5. The first-order chi connectivity index (χ1) is 14.1. The molecule has 1 aliphatic rings. The molecule has 7 nitrogen and oxygen atoms in total. The molecule has 8 heteroatoms. The largest absolute Gasteiger partial charge is 0.474 e. The van der Waals surface area contributed by atoms with Gasteiger partial charge in [-0.2, -0.15) is 0 Å². The number of rotatable bonds is 5. The van der Waals surface area contributed by atoms with Gasteiger partial charge in [-0.1, -0.05) is 35.6 Å². The number of ether oxygens (including phenoxy) is 1. The molecule has 2 aromatic carbocycles. The fourth-order valence-electron chi connectivity index (χ4n) is 3.32. The van der Waals surface area contributed by atoms with Gasteiger partial charge in [0.2, 0.25) is 0 Å². The Hall–Kier alpha value is -2.97. The third kappa shape index (κ3) is 4.72. The van der Waals surface area contributed by atoms with Gasteiger partial charge in [0.1, 0.15) is 5.75 Å². The van der Waals surface area contributed by atoms with Crippen molar-refractivity contribution in [1.29, 1.82) is 0 Å². The van der Waals surface area contributed by atoms with E-state index in [0.29, 0.717) is 31.4 Å². The number of carbonyl (C=O) groups excluding carboxylic acids is 1. The van der Waals surface area contributed by atoms with Crippen LogP contribution in [0.15, 0.2) is 48.5 Å². The Morgan fingerprint density at radius 3 is 2.45 bits per heavy atom. The Kier molecular flexibility index (Phi) is 5.73. The van der Waals surface area contributed by atoms with Crippen molar-refractivity contribution in [2.45, 2.75) is 6.42 Å². The van der Waals surface area contributed by atoms with Gasteiger partial charge in [0.05, 0.1) is 10.2 Å². The monoisotopic (exact) mass is 411 g/mol. The van der Waals surface area contributed by atoms with Crippen LogP contribution >= 0.6 is 11.3 Å². The molecule has 0 radical (unpaired) electrons. The number of piperazine rings is 1. The normalized spacial score (nSPS) is 14.8. The minimum Gasteiger partial charge on any atom is -0.474 e. The number of aromatic nitrogens is 1. The van der Waals surface area contributed by atoms with Gasteiger partial charge in [0.15, 0.2) is 0 Å². The van der Waals surface area contributed by atoms with E-state index in [1.165, 1.54) is 21.8 Å². The van der Waals surface area contributed by atoms with Crippen LogP contribution in [0, 0.1) is 0 Å². The van der Waals surface area contributed by atoms with E-state index in [-0.39, 0.29) is 0 Å². The van der Waals surface area contributed by atoms with Crippen LogP contribution in [0.25, 0.3) is 10.2 Å². The number of fused-ring (bicyclic) bond motifs is 1. The maximum Gasteiger partial charge on any atom is 0.394 e. The van der Waals surface area contributed by atoms with Crippen molar-refractivity contribution in [3.63, 3.8) is 0 Å². The first-order valence-electron chi connectivity index (χ1n) is 9.45. The molecule has 0 atom stereocenters. The summed E-state index contributed by atoms with van der Waals surface area (Å²) in [5.74, 6) is -1.44. The Bertz CT molecular complexity index is 977. The molecule has 1 amide bonds. The predicted molar refractivity (Wildman–Crippen MR) is 110 cm³/mol. The number of carboxylic acids is 1. The van der Waals surface area contributed by atoms with Gasteiger partial charge in [-0.05, 0) is 36.2 Å². The second-order valence-electron chi connectivity index (χ2n) is 6.88. The lowest BCUT2D eigenvalue weighted by Gasteiger charge is -2.33. The number of thiazole rings is 1. The summed E-state index contributed by atoms with van der Waals surface area (Å²) in [5, 5.41) is 9.42. The zero-order valence-corrected chi connectivity index (χ0v) is 16.6. The Labute approximate surface area is 172 Å². The second kappa shape index (κ2) is 8.59. The summed E-state index contributed by atoms with van der Waals surface area (Å²) in [7, 11) is 0. The van der Waals surface area contributed by atoms with E-state index in [1.54, 1.807) is 0 Å². The van der Waals surface area contributed by atoms with Crippen LogP contribution in [0.3, 0.4) is 0 Å². The van der Waals surface area contributed by atoms with Gasteiger partial charge in [-0.25, -0.2) is 9.78 Å². The molecular weight excluding hydrogens is 390 g/mol. The lowest BCUT2D eigenvalue weighted by Crippen LogP contribution is -2.50. The zero-order valence-electron chi connectivity index (χ0n) is 15.8. The minimum absolute atomic E-state index is 0.458. The Morgan fingerprint density at radius 1 is 1.03 bits per heavy atom. The van der Waals surface area contributed by atoms with Gasteiger partial charge < -0.3 is 14.7 Å². The molecule has 0 saturated carbocycles. The summed E-state index contributed by atoms with van der Waals surface area (Å²) in [4.78, 5) is 30.4. The highest BCUT2D eigenvalue weighted by atomic mass is 32.1. The van der Waals surface area contributed by atoms with E-state index < -0.39 is 11.9 Å². The lowest BCUT2D eigenvalue weighted by molar-refractivity contribution is -0.156. The molecule has 1 saturated heterocycles. The number of hydrogen-bond donors (Lipinski definition) is 1. The van der Waals surface area contributed by atoms with Crippen molar-refractivity contribution >= 4 is 33.4 Å². The minimum atomic E-state index is -1.38. The van der Waals surface area contributed by atoms with Crippen LogP contribution in [0.5, 0.6) is 10.9 Å². The number of para-hydroxylation sites is 1. The SMILES string of the molecule is O=C(O)C(=O)N1CCN(CCc2ccc(Oc3nc4ccccc4s3)cc2)CC1. The average molecular weight is 411 g/mol. The number of nitrogens with zero attached hydrogens (tertiary/aromatic N) is 3. The van der Waals surface area contributed by atoms with Gasteiger partial charge in [-0.3, -0.25) is 9.69 Å². The lowest BCUT2D eigenvalue weighted by atomic mass is 10.1. The average Bonchev–Trinajstić information content (AvgIpc) is 3.15. The molecule has 3 aromatic rings. The molecule has 1 aliphatic heterocycles. The molecular formula is C21H21N3O4S. The van der Waals surface area contributed by atoms with E-state index in [2.05, 4.69) is 9.88 Å². The molecule has 1 aromatic heterocycles. The van der Waals surface area contributed by atoms with Crippen LogP contribution in [0.4, 0.5) is 0 Å². The summed E-state index contributed by atoms with van der Waals surface area (Å²) in [6.45, 7) is 3.17. The predicted octanol–water partition coefficient (Wildman–Crippen LogP) is 2.86. The molecule has 0 unspecified atom stereocenters. The van der Waals surface area contributed by atoms with Crippen LogP contribution in [0.2, 0.25) is 0 Å². The van der Waals surface area contributed by atoms with Crippen molar-refractivity contribution in [1.82, 2.24) is 14.8 Å². The van der Waals surface area contributed by atoms with Crippen molar-refractivity contribution < 1.29 is 19.4 Å². The molecule has 1 N–H and O–H groups in total. The summed E-state index contributed by atoms with van der Waals surface area (Å²) in [6.07, 6.45) is 0.883. The summed E-state index contributed by atoms with van der Waals surface area (Å²) < 4.78 is 6.98.